The van der Waals surface area contributed by atoms with Crippen LogP contribution in [0.4, 0.5) is 0 Å². The van der Waals surface area contributed by atoms with Crippen LogP contribution in [0.5, 0.6) is 0 Å². The van der Waals surface area contributed by atoms with Gasteiger partial charge in [-0.15, -0.1) is 0 Å². The van der Waals surface area contributed by atoms with Crippen molar-refractivity contribution in [3.8, 4) is 0 Å². The molecule has 0 aliphatic carbocycles. The molecule has 0 atom stereocenters. The third kappa shape index (κ3) is 4.40. The molecule has 10 nitrogen and oxygen atoms in total. The number of esters is 2. The highest BCUT2D eigenvalue weighted by molar-refractivity contribution is 5.87. The van der Waals surface area contributed by atoms with E-state index < -0.39 is 42.5 Å². The van der Waals surface area contributed by atoms with Crippen molar-refractivity contribution in [3.05, 3.63) is 55.8 Å². The molecule has 0 aliphatic heterocycles. The lowest BCUT2D eigenvalue weighted by Gasteiger charge is -2.10. The van der Waals surface area contributed by atoms with Gasteiger partial charge in [0.2, 0.25) is 0 Å². The predicted octanol–water partition coefficient (Wildman–Crippen LogP) is -1.15. The Morgan fingerprint density at radius 3 is 1.57 bits per heavy atom. The molecule has 1 heterocycles. The van der Waals surface area contributed by atoms with Crippen molar-refractivity contribution in [2.75, 3.05) is 0 Å². The number of nitrogens with one attached hydrogen (secondary N) is 1. The first kappa shape index (κ1) is 17.9. The second-order valence-electron chi connectivity index (χ2n) is 4.56. The second kappa shape index (κ2) is 7.20. The molecular weight excluding hydrogens is 310 g/mol. The number of aromatic nitrogens is 3. The number of nitrogens with zero attached hydrogens (tertiary/aromatic N) is 2. The Morgan fingerprint density at radius 2 is 1.26 bits per heavy atom. The van der Waals surface area contributed by atoms with Crippen LogP contribution in [0.3, 0.4) is 0 Å². The molecule has 0 aromatic carbocycles. The Morgan fingerprint density at radius 1 is 0.913 bits per heavy atom. The Bertz CT molecular complexity index is 775. The molecule has 0 amide bonds. The molecule has 124 valence electrons. The molecule has 0 fully saturated rings. The van der Waals surface area contributed by atoms with Gasteiger partial charge in [0.1, 0.15) is 0 Å². The number of rotatable bonds is 6. The monoisotopic (exact) mass is 325 g/mol. The third-order valence-corrected chi connectivity index (χ3v) is 2.51. The molecule has 10 heteroatoms. The van der Waals surface area contributed by atoms with Crippen LogP contribution in [0.25, 0.3) is 0 Å². The van der Waals surface area contributed by atoms with Crippen LogP contribution in [-0.2, 0) is 32.5 Å². The van der Waals surface area contributed by atoms with Gasteiger partial charge in [0.05, 0.1) is 0 Å². The SMILES string of the molecule is C=C(C)C(=O)OCn1c(=O)[nH]c(=O)n(COC(=O)C(=C)C)c1=O. The van der Waals surface area contributed by atoms with Gasteiger partial charge in [0.25, 0.3) is 0 Å². The fraction of sp³-hybridized carbons (Fsp3) is 0.308. The highest BCUT2D eigenvalue weighted by Gasteiger charge is 2.13. The molecule has 0 unspecified atom stereocenters. The van der Waals surface area contributed by atoms with E-state index in [4.69, 9.17) is 0 Å². The average Bonchev–Trinajstić information content (AvgIpc) is 2.45. The summed E-state index contributed by atoms with van der Waals surface area (Å²) in [6.45, 7) is 7.99. The van der Waals surface area contributed by atoms with Gasteiger partial charge in [-0.1, -0.05) is 13.2 Å². The summed E-state index contributed by atoms with van der Waals surface area (Å²) in [4.78, 5) is 59.7. The summed E-state index contributed by atoms with van der Waals surface area (Å²) in [5.41, 5.74) is -3.12. The zero-order chi connectivity index (χ0) is 17.7. The van der Waals surface area contributed by atoms with Crippen LogP contribution < -0.4 is 17.1 Å². The lowest BCUT2D eigenvalue weighted by molar-refractivity contribution is -0.143. The van der Waals surface area contributed by atoms with Crippen LogP contribution in [0.2, 0.25) is 0 Å². The van der Waals surface area contributed by atoms with E-state index in [1.165, 1.54) is 13.8 Å². The Balaban J connectivity index is 3.10. The number of carbonyl (C=O) groups is 2. The Labute approximate surface area is 129 Å². The molecule has 0 saturated heterocycles. The van der Waals surface area contributed by atoms with Crippen molar-refractivity contribution in [2.45, 2.75) is 27.3 Å². The summed E-state index contributed by atoms with van der Waals surface area (Å²) in [5, 5.41) is 0. The minimum absolute atomic E-state index is 0.0678. The minimum atomic E-state index is -1.11. The maximum Gasteiger partial charge on any atom is 0.341 e. The molecule has 0 saturated carbocycles. The molecule has 1 rings (SSSR count). The van der Waals surface area contributed by atoms with E-state index in [9.17, 15) is 24.0 Å². The van der Waals surface area contributed by atoms with Gasteiger partial charge in [-0.2, -0.15) is 0 Å². The van der Waals surface area contributed by atoms with Gasteiger partial charge in [-0.05, 0) is 13.8 Å². The van der Waals surface area contributed by atoms with E-state index in [2.05, 4.69) is 22.6 Å². The van der Waals surface area contributed by atoms with E-state index in [1.807, 2.05) is 4.98 Å². The maximum atomic E-state index is 12.1. The fourth-order valence-electron chi connectivity index (χ4n) is 1.27. The fourth-order valence-corrected chi connectivity index (χ4v) is 1.27. The minimum Gasteiger partial charge on any atom is -0.440 e. The number of hydrogen-bond donors (Lipinski definition) is 1. The molecule has 1 aromatic heterocycles. The highest BCUT2D eigenvalue weighted by atomic mass is 16.5. The summed E-state index contributed by atoms with van der Waals surface area (Å²) in [6, 6.07) is 0. The van der Waals surface area contributed by atoms with Crippen molar-refractivity contribution in [2.24, 2.45) is 0 Å². The number of ether oxygens (including phenoxy) is 2. The zero-order valence-corrected chi connectivity index (χ0v) is 12.6. The van der Waals surface area contributed by atoms with E-state index >= 15 is 0 Å². The van der Waals surface area contributed by atoms with Crippen LogP contribution in [-0.4, -0.2) is 26.1 Å². The summed E-state index contributed by atoms with van der Waals surface area (Å²) in [5.74, 6) is -1.63. The standard InChI is InChI=1S/C13H15N3O7/c1-7(2)9(17)22-5-15-11(19)14-12(20)16(13(15)21)6-23-10(18)8(3)4/h1,3,5-6H2,2,4H3,(H,14,19,20). The van der Waals surface area contributed by atoms with Crippen LogP contribution in [0, 0.1) is 0 Å². The number of carbonyl (C=O) groups excluding carboxylic acids is 2. The van der Waals surface area contributed by atoms with Gasteiger partial charge < -0.3 is 9.47 Å². The highest BCUT2D eigenvalue weighted by Crippen LogP contribution is 1.93. The van der Waals surface area contributed by atoms with Gasteiger partial charge >= 0.3 is 29.0 Å². The van der Waals surface area contributed by atoms with Crippen molar-refractivity contribution < 1.29 is 19.1 Å². The molecular formula is C13H15N3O7. The number of hydrogen-bond acceptors (Lipinski definition) is 7. The van der Waals surface area contributed by atoms with E-state index in [-0.39, 0.29) is 11.1 Å². The molecule has 23 heavy (non-hydrogen) atoms. The smallest absolute Gasteiger partial charge is 0.341 e. The second-order valence-corrected chi connectivity index (χ2v) is 4.56. The van der Waals surface area contributed by atoms with Gasteiger partial charge in [-0.25, -0.2) is 33.1 Å². The molecule has 0 radical (unpaired) electrons. The van der Waals surface area contributed by atoms with Crippen LogP contribution in [0.1, 0.15) is 13.8 Å². The molecule has 0 aliphatic rings. The lowest BCUT2D eigenvalue weighted by atomic mass is 10.4. The van der Waals surface area contributed by atoms with Crippen molar-refractivity contribution >= 4 is 11.9 Å². The van der Waals surface area contributed by atoms with Gasteiger partial charge in [0.15, 0.2) is 13.5 Å². The lowest BCUT2D eigenvalue weighted by Crippen LogP contribution is -2.50. The quantitative estimate of drug-likeness (QED) is 0.516. The average molecular weight is 325 g/mol. The zero-order valence-electron chi connectivity index (χ0n) is 12.6. The Hall–Kier alpha value is -3.17. The van der Waals surface area contributed by atoms with Crippen LogP contribution in [0.15, 0.2) is 38.7 Å². The van der Waals surface area contributed by atoms with E-state index in [0.29, 0.717) is 9.13 Å². The van der Waals surface area contributed by atoms with Gasteiger partial charge in [0, 0.05) is 11.1 Å². The predicted molar refractivity (Wildman–Crippen MR) is 77.4 cm³/mol. The summed E-state index contributed by atoms with van der Waals surface area (Å²) in [7, 11) is 0. The third-order valence-electron chi connectivity index (χ3n) is 2.51. The first-order valence-corrected chi connectivity index (χ1v) is 6.24. The first-order chi connectivity index (χ1) is 10.6. The van der Waals surface area contributed by atoms with E-state index in [0.717, 1.165) is 0 Å². The maximum absolute atomic E-state index is 12.1. The normalized spacial score (nSPS) is 10.0. The number of aromatic amines is 1. The topological polar surface area (TPSA) is 129 Å². The van der Waals surface area contributed by atoms with Gasteiger partial charge in [-0.3, -0.25) is 4.98 Å². The van der Waals surface area contributed by atoms with Crippen LogP contribution >= 0.6 is 0 Å². The van der Waals surface area contributed by atoms with Crippen molar-refractivity contribution in [3.63, 3.8) is 0 Å². The summed E-state index contributed by atoms with van der Waals surface area (Å²) < 4.78 is 10.3. The summed E-state index contributed by atoms with van der Waals surface area (Å²) >= 11 is 0. The molecule has 1 N–H and O–H groups in total. The molecule has 0 spiro atoms. The van der Waals surface area contributed by atoms with Crippen molar-refractivity contribution in [1.82, 2.24) is 14.1 Å². The summed E-state index contributed by atoms with van der Waals surface area (Å²) in [6.07, 6.45) is 0. The number of H-pyrrole nitrogens is 1. The van der Waals surface area contributed by atoms with Crippen molar-refractivity contribution in [1.29, 1.82) is 0 Å². The molecule has 0 bridgehead atoms. The van der Waals surface area contributed by atoms with E-state index in [1.54, 1.807) is 0 Å². The first-order valence-electron chi connectivity index (χ1n) is 6.24. The molecule has 1 aromatic rings. The Kier molecular flexibility index (Phi) is 5.60. The largest absolute Gasteiger partial charge is 0.440 e.